The Morgan fingerprint density at radius 3 is 2.86 bits per heavy atom. The van der Waals surface area contributed by atoms with Gasteiger partial charge in [0.25, 0.3) is 6.43 Å². The van der Waals surface area contributed by atoms with E-state index < -0.39 is 18.6 Å². The molecular weight excluding hydrogens is 456 g/mol. The average molecular weight is 484 g/mol. The zero-order valence-corrected chi connectivity index (χ0v) is 19.5. The minimum absolute atomic E-state index is 0.0425. The predicted molar refractivity (Wildman–Crippen MR) is 127 cm³/mol. The Hall–Kier alpha value is -3.60. The van der Waals surface area contributed by atoms with Crippen LogP contribution in [0.2, 0.25) is 0 Å². The van der Waals surface area contributed by atoms with E-state index in [0.717, 1.165) is 30.6 Å². The molecule has 184 valence electrons. The Kier molecular flexibility index (Phi) is 5.87. The lowest BCUT2D eigenvalue weighted by Gasteiger charge is -2.34. The molecule has 0 amide bonds. The molecule has 1 atom stereocenters. The Balaban J connectivity index is 1.49. The zero-order chi connectivity index (χ0) is 24.7. The molecule has 0 spiro atoms. The number of esters is 1. The first-order valence-corrected chi connectivity index (χ1v) is 11.5. The molecule has 0 saturated carbocycles. The van der Waals surface area contributed by atoms with Gasteiger partial charge in [-0.15, -0.1) is 0 Å². The highest BCUT2D eigenvalue weighted by atomic mass is 19.3. The standard InChI is InChI=1S/C24H27F2N7O2/c1-24(2)22-16(23(34)35-24)5-6-20(31-22)30-21-8-18(32-7-3-4-15(27)12-32)17(10-28-21)14-9-29-33(11-14)13-19(25)26/h5-6,8-11,15,19H,3-4,7,12-13,27H2,1-2H3,(H,28,30,31)/t15-/m0/s1. The molecule has 2 aliphatic heterocycles. The van der Waals surface area contributed by atoms with Crippen LogP contribution in [-0.4, -0.2) is 51.3 Å². The Labute approximate surface area is 201 Å². The van der Waals surface area contributed by atoms with E-state index in [1.807, 2.05) is 6.07 Å². The van der Waals surface area contributed by atoms with Crippen molar-refractivity contribution in [3.8, 4) is 11.1 Å². The number of pyridine rings is 2. The van der Waals surface area contributed by atoms with Crippen molar-refractivity contribution >= 4 is 23.3 Å². The molecule has 1 saturated heterocycles. The number of ether oxygens (including phenoxy) is 1. The van der Waals surface area contributed by atoms with Gasteiger partial charge in [-0.1, -0.05) is 0 Å². The van der Waals surface area contributed by atoms with E-state index in [2.05, 4.69) is 25.3 Å². The molecule has 5 rings (SSSR count). The fraction of sp³-hybridized carbons (Fsp3) is 0.417. The fourth-order valence-electron chi connectivity index (χ4n) is 4.59. The summed E-state index contributed by atoms with van der Waals surface area (Å²) in [7, 11) is 0. The molecule has 0 unspecified atom stereocenters. The SMILES string of the molecule is CC1(C)OC(=O)c2ccc(Nc3cc(N4CCC[C@H](N)C4)c(-c4cnn(CC(F)F)c4)cn3)nc21. The summed E-state index contributed by atoms with van der Waals surface area (Å²) in [5, 5.41) is 7.30. The smallest absolute Gasteiger partial charge is 0.341 e. The lowest BCUT2D eigenvalue weighted by molar-refractivity contribution is 0.00833. The molecule has 2 aliphatic rings. The first-order valence-electron chi connectivity index (χ1n) is 11.5. The molecular formula is C24H27F2N7O2. The van der Waals surface area contributed by atoms with Crippen molar-refractivity contribution in [2.45, 2.75) is 51.3 Å². The van der Waals surface area contributed by atoms with Crippen LogP contribution in [0.25, 0.3) is 11.1 Å². The topological polar surface area (TPSA) is 111 Å². The number of carbonyl (C=O) groups excluding carboxylic acids is 1. The van der Waals surface area contributed by atoms with Crippen LogP contribution < -0.4 is 16.0 Å². The molecule has 0 aliphatic carbocycles. The number of rotatable bonds is 6. The van der Waals surface area contributed by atoms with Gasteiger partial charge in [-0.05, 0) is 38.8 Å². The third-order valence-electron chi connectivity index (χ3n) is 6.24. The van der Waals surface area contributed by atoms with Gasteiger partial charge >= 0.3 is 5.97 Å². The van der Waals surface area contributed by atoms with E-state index >= 15 is 0 Å². The van der Waals surface area contributed by atoms with Crippen molar-refractivity contribution in [1.29, 1.82) is 0 Å². The van der Waals surface area contributed by atoms with Crippen LogP contribution in [0.4, 0.5) is 26.1 Å². The van der Waals surface area contributed by atoms with Gasteiger partial charge in [0.2, 0.25) is 0 Å². The van der Waals surface area contributed by atoms with E-state index in [4.69, 9.17) is 10.5 Å². The van der Waals surface area contributed by atoms with E-state index in [9.17, 15) is 13.6 Å². The number of nitrogens with two attached hydrogens (primary N) is 1. The molecule has 3 N–H and O–H groups in total. The van der Waals surface area contributed by atoms with Crippen LogP contribution in [0.1, 0.15) is 42.7 Å². The first kappa shape index (κ1) is 23.2. The highest BCUT2D eigenvalue weighted by molar-refractivity contribution is 5.94. The molecule has 0 radical (unpaired) electrons. The van der Waals surface area contributed by atoms with Crippen molar-refractivity contribution < 1.29 is 18.3 Å². The summed E-state index contributed by atoms with van der Waals surface area (Å²) in [6.07, 6.45) is 4.28. The second kappa shape index (κ2) is 8.88. The predicted octanol–water partition coefficient (Wildman–Crippen LogP) is 3.68. The molecule has 3 aromatic rings. The maximum absolute atomic E-state index is 12.8. The van der Waals surface area contributed by atoms with E-state index in [1.165, 1.54) is 4.68 Å². The maximum Gasteiger partial charge on any atom is 0.341 e. The van der Waals surface area contributed by atoms with Crippen LogP contribution in [0, 0.1) is 0 Å². The van der Waals surface area contributed by atoms with Gasteiger partial charge in [0, 0.05) is 54.4 Å². The lowest BCUT2D eigenvalue weighted by Crippen LogP contribution is -2.43. The number of piperidine rings is 1. The van der Waals surface area contributed by atoms with Gasteiger partial charge in [0.05, 0.1) is 11.8 Å². The number of aromatic nitrogens is 4. The van der Waals surface area contributed by atoms with E-state index in [1.54, 1.807) is 44.6 Å². The summed E-state index contributed by atoms with van der Waals surface area (Å²) >= 11 is 0. The number of anilines is 3. The Morgan fingerprint density at radius 1 is 1.26 bits per heavy atom. The van der Waals surface area contributed by atoms with Gasteiger partial charge in [-0.3, -0.25) is 4.68 Å². The first-order chi connectivity index (χ1) is 16.7. The van der Waals surface area contributed by atoms with E-state index in [-0.39, 0.29) is 12.0 Å². The summed E-state index contributed by atoms with van der Waals surface area (Å²) in [5.74, 6) is 0.697. The van der Waals surface area contributed by atoms with Crippen molar-refractivity contribution in [2.24, 2.45) is 5.73 Å². The van der Waals surface area contributed by atoms with Crippen LogP contribution in [0.15, 0.2) is 36.8 Å². The fourth-order valence-corrected chi connectivity index (χ4v) is 4.59. The quantitative estimate of drug-likeness (QED) is 0.511. The normalized spacial score (nSPS) is 19.1. The largest absolute Gasteiger partial charge is 0.449 e. The summed E-state index contributed by atoms with van der Waals surface area (Å²) in [5.41, 5.74) is 8.82. The van der Waals surface area contributed by atoms with Gasteiger partial charge < -0.3 is 20.7 Å². The molecule has 1 fully saturated rings. The third kappa shape index (κ3) is 4.68. The van der Waals surface area contributed by atoms with Crippen molar-refractivity contribution in [3.63, 3.8) is 0 Å². The number of halogens is 2. The van der Waals surface area contributed by atoms with Crippen LogP contribution in [0.5, 0.6) is 0 Å². The number of nitrogens with one attached hydrogen (secondary N) is 1. The van der Waals surface area contributed by atoms with Gasteiger partial charge in [0.15, 0.2) is 0 Å². The van der Waals surface area contributed by atoms with Crippen molar-refractivity contribution in [3.05, 3.63) is 48.0 Å². The summed E-state index contributed by atoms with van der Waals surface area (Å²) in [6.45, 7) is 4.62. The van der Waals surface area contributed by atoms with Gasteiger partial charge in [-0.2, -0.15) is 5.10 Å². The van der Waals surface area contributed by atoms with Crippen LogP contribution in [0.3, 0.4) is 0 Å². The average Bonchev–Trinajstić information content (AvgIpc) is 3.34. The third-order valence-corrected chi connectivity index (χ3v) is 6.24. The minimum atomic E-state index is -2.49. The second-order valence-corrected chi connectivity index (χ2v) is 9.39. The minimum Gasteiger partial charge on any atom is -0.449 e. The Bertz CT molecular complexity index is 1260. The second-order valence-electron chi connectivity index (χ2n) is 9.39. The lowest BCUT2D eigenvalue weighted by atomic mass is 10.0. The molecule has 35 heavy (non-hydrogen) atoms. The summed E-state index contributed by atoms with van der Waals surface area (Å²) < 4.78 is 32.3. The molecule has 9 nitrogen and oxygen atoms in total. The summed E-state index contributed by atoms with van der Waals surface area (Å²) in [6, 6.07) is 5.35. The molecule has 0 bridgehead atoms. The number of cyclic esters (lactones) is 1. The van der Waals surface area contributed by atoms with Crippen LogP contribution in [-0.2, 0) is 16.9 Å². The molecule has 0 aromatic carbocycles. The van der Waals surface area contributed by atoms with Gasteiger partial charge in [-0.25, -0.2) is 23.5 Å². The van der Waals surface area contributed by atoms with Crippen molar-refractivity contribution in [1.82, 2.24) is 19.7 Å². The molecule has 11 heteroatoms. The van der Waals surface area contributed by atoms with Gasteiger partial charge in [0.1, 0.15) is 29.5 Å². The Morgan fingerprint density at radius 2 is 2.09 bits per heavy atom. The molecule has 3 aromatic heterocycles. The number of carbonyl (C=O) groups is 1. The monoisotopic (exact) mass is 483 g/mol. The van der Waals surface area contributed by atoms with Crippen molar-refractivity contribution in [2.75, 3.05) is 23.3 Å². The number of nitrogens with zero attached hydrogens (tertiary/aromatic N) is 5. The number of fused-ring (bicyclic) bond motifs is 1. The van der Waals surface area contributed by atoms with E-state index in [0.29, 0.717) is 35.0 Å². The highest BCUT2D eigenvalue weighted by Gasteiger charge is 2.39. The van der Waals surface area contributed by atoms with Crippen LogP contribution >= 0.6 is 0 Å². The summed E-state index contributed by atoms with van der Waals surface area (Å²) in [4.78, 5) is 23.4. The maximum atomic E-state index is 12.8. The molecule has 5 heterocycles. The number of hydrogen-bond donors (Lipinski definition) is 2. The zero-order valence-electron chi connectivity index (χ0n) is 19.5. The number of alkyl halides is 2. The number of hydrogen-bond acceptors (Lipinski definition) is 8. The highest BCUT2D eigenvalue weighted by Crippen LogP contribution is 2.37.